The largest absolute Gasteiger partial charge is 0.395 e. The van der Waals surface area contributed by atoms with E-state index in [-0.39, 0.29) is 0 Å². The summed E-state index contributed by atoms with van der Waals surface area (Å²) in [6, 6.07) is 18.4. The summed E-state index contributed by atoms with van der Waals surface area (Å²) in [5, 5.41) is 2.18. The van der Waals surface area contributed by atoms with Crippen LogP contribution in [-0.2, 0) is 0 Å². The SMILES string of the molecule is Nc1c2nc(cc3ccc(cc4nc(cc5[nH]c1c1ccccc51)C=C4)[nH]3)C=C2. The molecule has 2 aliphatic rings. The highest BCUT2D eigenvalue weighted by Crippen LogP contribution is 2.30. The Kier molecular flexibility index (Phi) is 3.25. The van der Waals surface area contributed by atoms with Gasteiger partial charge >= 0.3 is 0 Å². The number of nitrogens with two attached hydrogens (primary N) is 1. The van der Waals surface area contributed by atoms with Gasteiger partial charge in [0.1, 0.15) is 0 Å². The molecule has 0 unspecified atom stereocenters. The van der Waals surface area contributed by atoms with E-state index < -0.39 is 0 Å². The quantitative estimate of drug-likeness (QED) is 0.333. The van der Waals surface area contributed by atoms with Gasteiger partial charge in [0.05, 0.1) is 34.0 Å². The fraction of sp³-hybridized carbons (Fsp3) is 0. The van der Waals surface area contributed by atoms with Crippen LogP contribution in [0.4, 0.5) is 5.69 Å². The van der Waals surface area contributed by atoms with Crippen LogP contribution in [-0.4, -0.2) is 19.9 Å². The second kappa shape index (κ2) is 5.94. The van der Waals surface area contributed by atoms with Crippen LogP contribution in [0, 0.1) is 0 Å². The van der Waals surface area contributed by atoms with Gasteiger partial charge in [-0.2, -0.15) is 0 Å². The second-order valence-corrected chi connectivity index (χ2v) is 7.23. The number of hydrogen-bond acceptors (Lipinski definition) is 3. The standard InChI is InChI=1S/C24H17N5/c25-23-21-10-9-17(28-21)12-16-6-5-14(26-16)11-15-7-8-18(27-15)13-22-19-3-1-2-4-20(19)24(23)29-22/h1-13,26,29H,25H2. The first-order valence-electron chi connectivity index (χ1n) is 9.47. The van der Waals surface area contributed by atoms with E-state index in [0.29, 0.717) is 5.69 Å². The molecule has 138 valence electrons. The lowest BCUT2D eigenvalue weighted by atomic mass is 10.1. The first kappa shape index (κ1) is 15.9. The van der Waals surface area contributed by atoms with Crippen LogP contribution in [0.5, 0.6) is 0 Å². The molecule has 8 bridgehead atoms. The minimum absolute atomic E-state index is 0.629. The van der Waals surface area contributed by atoms with Gasteiger partial charge < -0.3 is 15.7 Å². The lowest BCUT2D eigenvalue weighted by Gasteiger charge is -1.95. The molecule has 1 aromatic carbocycles. The molecule has 4 aromatic rings. The lowest BCUT2D eigenvalue weighted by molar-refractivity contribution is 1.31. The Hall–Kier alpha value is -4.12. The van der Waals surface area contributed by atoms with E-state index in [1.165, 1.54) is 0 Å². The van der Waals surface area contributed by atoms with Gasteiger partial charge in [0, 0.05) is 27.3 Å². The number of nitrogens with one attached hydrogen (secondary N) is 2. The van der Waals surface area contributed by atoms with Gasteiger partial charge in [0.25, 0.3) is 0 Å². The number of H-pyrrole nitrogens is 2. The molecule has 0 radical (unpaired) electrons. The van der Waals surface area contributed by atoms with Crippen LogP contribution in [0.2, 0.25) is 0 Å². The van der Waals surface area contributed by atoms with Crippen molar-refractivity contribution in [2.24, 2.45) is 0 Å². The van der Waals surface area contributed by atoms with E-state index in [1.807, 2.05) is 60.7 Å². The number of fused-ring (bicyclic) bond motifs is 11. The monoisotopic (exact) mass is 375 g/mol. The highest BCUT2D eigenvalue weighted by atomic mass is 14.8. The number of benzene rings is 1. The number of anilines is 1. The van der Waals surface area contributed by atoms with Crippen molar-refractivity contribution < 1.29 is 0 Å². The molecule has 5 nitrogen and oxygen atoms in total. The predicted octanol–water partition coefficient (Wildman–Crippen LogP) is 5.39. The van der Waals surface area contributed by atoms with Crippen molar-refractivity contribution in [2.75, 3.05) is 5.73 Å². The molecular weight excluding hydrogens is 358 g/mol. The first-order chi connectivity index (χ1) is 14.2. The number of nitrogen functional groups attached to an aromatic ring is 1. The summed E-state index contributed by atoms with van der Waals surface area (Å²) in [4.78, 5) is 16.3. The molecular formula is C24H17N5. The van der Waals surface area contributed by atoms with Crippen LogP contribution in [0.3, 0.4) is 0 Å². The Bertz CT molecular complexity index is 1520. The summed E-state index contributed by atoms with van der Waals surface area (Å²) in [5.74, 6) is 0. The van der Waals surface area contributed by atoms with E-state index in [4.69, 9.17) is 15.7 Å². The van der Waals surface area contributed by atoms with Crippen LogP contribution in [0.25, 0.3) is 57.1 Å². The summed E-state index contributed by atoms with van der Waals surface area (Å²) in [7, 11) is 0. The van der Waals surface area contributed by atoms with Gasteiger partial charge in [-0.3, -0.25) is 0 Å². The highest BCUT2D eigenvalue weighted by molar-refractivity contribution is 6.11. The van der Waals surface area contributed by atoms with Gasteiger partial charge in [-0.25, -0.2) is 9.97 Å². The van der Waals surface area contributed by atoms with Crippen LogP contribution in [0.15, 0.2) is 54.6 Å². The maximum absolute atomic E-state index is 6.56. The summed E-state index contributed by atoms with van der Waals surface area (Å²) in [6.45, 7) is 0. The van der Waals surface area contributed by atoms with Crippen LogP contribution >= 0.6 is 0 Å². The predicted molar refractivity (Wildman–Crippen MR) is 121 cm³/mol. The molecule has 0 aliphatic carbocycles. The molecule has 0 saturated carbocycles. The van der Waals surface area contributed by atoms with Gasteiger partial charge in [0.15, 0.2) is 0 Å². The summed E-state index contributed by atoms with van der Waals surface area (Å²) in [5.41, 5.74) is 14.5. The van der Waals surface area contributed by atoms with Crippen molar-refractivity contribution in [1.82, 2.24) is 19.9 Å². The third kappa shape index (κ3) is 2.63. The van der Waals surface area contributed by atoms with Crippen LogP contribution < -0.4 is 5.73 Å². The molecule has 0 saturated heterocycles. The zero-order valence-corrected chi connectivity index (χ0v) is 15.5. The van der Waals surface area contributed by atoms with Crippen molar-refractivity contribution in [3.8, 4) is 0 Å². The highest BCUT2D eigenvalue weighted by Gasteiger charge is 2.10. The fourth-order valence-corrected chi connectivity index (χ4v) is 3.89. The number of nitrogens with zero attached hydrogens (tertiary/aromatic N) is 2. The molecule has 6 rings (SSSR count). The zero-order chi connectivity index (χ0) is 19.4. The molecule has 3 aromatic heterocycles. The van der Waals surface area contributed by atoms with Crippen molar-refractivity contribution in [3.63, 3.8) is 0 Å². The van der Waals surface area contributed by atoms with Gasteiger partial charge in [-0.15, -0.1) is 0 Å². The average Bonchev–Trinajstić information content (AvgIpc) is 3.50. The van der Waals surface area contributed by atoms with Crippen molar-refractivity contribution in [3.05, 3.63) is 77.4 Å². The Morgan fingerprint density at radius 1 is 0.655 bits per heavy atom. The number of aromatic amines is 2. The Labute approximate surface area is 166 Å². The molecule has 0 amide bonds. The van der Waals surface area contributed by atoms with E-state index in [0.717, 1.165) is 55.6 Å². The van der Waals surface area contributed by atoms with Crippen LogP contribution in [0.1, 0.15) is 22.8 Å². The third-order valence-electron chi connectivity index (χ3n) is 5.27. The Morgan fingerprint density at radius 2 is 1.31 bits per heavy atom. The van der Waals surface area contributed by atoms with Crippen molar-refractivity contribution >= 4 is 62.8 Å². The average molecular weight is 375 g/mol. The first-order valence-corrected chi connectivity index (χ1v) is 9.47. The molecule has 5 heterocycles. The van der Waals surface area contributed by atoms with Crippen molar-refractivity contribution in [1.29, 1.82) is 0 Å². The van der Waals surface area contributed by atoms with Gasteiger partial charge in [-0.05, 0) is 54.6 Å². The molecule has 0 fully saturated rings. The summed E-state index contributed by atoms with van der Waals surface area (Å²) >= 11 is 0. The second-order valence-electron chi connectivity index (χ2n) is 7.23. The number of hydrogen-bond donors (Lipinski definition) is 3. The summed E-state index contributed by atoms with van der Waals surface area (Å²) < 4.78 is 0. The Balaban J connectivity index is 1.80. The van der Waals surface area contributed by atoms with E-state index >= 15 is 0 Å². The van der Waals surface area contributed by atoms with Gasteiger partial charge in [0.2, 0.25) is 0 Å². The smallest absolute Gasteiger partial charge is 0.0888 e. The molecule has 0 atom stereocenters. The van der Waals surface area contributed by atoms with Crippen molar-refractivity contribution in [2.45, 2.75) is 0 Å². The molecule has 29 heavy (non-hydrogen) atoms. The molecule has 0 spiro atoms. The third-order valence-corrected chi connectivity index (χ3v) is 5.27. The minimum Gasteiger partial charge on any atom is -0.395 e. The Morgan fingerprint density at radius 3 is 2.10 bits per heavy atom. The van der Waals surface area contributed by atoms with E-state index in [1.54, 1.807) is 0 Å². The zero-order valence-electron chi connectivity index (χ0n) is 15.5. The topological polar surface area (TPSA) is 83.4 Å². The number of rotatable bonds is 0. The summed E-state index contributed by atoms with van der Waals surface area (Å²) in [6.07, 6.45) is 7.98. The maximum Gasteiger partial charge on any atom is 0.0888 e. The normalized spacial score (nSPS) is 12.7. The van der Waals surface area contributed by atoms with Gasteiger partial charge in [-0.1, -0.05) is 24.3 Å². The molecule has 5 heteroatoms. The van der Waals surface area contributed by atoms with E-state index in [2.05, 4.69) is 28.2 Å². The molecule has 4 N–H and O–H groups in total. The fourth-order valence-electron chi connectivity index (χ4n) is 3.89. The molecule has 2 aliphatic heterocycles. The minimum atomic E-state index is 0.629. The maximum atomic E-state index is 6.56. The number of aromatic nitrogens is 4. The van der Waals surface area contributed by atoms with E-state index in [9.17, 15) is 0 Å². The lowest BCUT2D eigenvalue weighted by Crippen LogP contribution is -1.90.